The van der Waals surface area contributed by atoms with E-state index in [1.807, 2.05) is 67.6 Å². The van der Waals surface area contributed by atoms with Gasteiger partial charge in [0.05, 0.1) is 7.11 Å². The molecule has 0 aromatic heterocycles. The number of carbonyl (C=O) groups excluding carboxylic acids is 2. The van der Waals surface area contributed by atoms with Gasteiger partial charge in [0, 0.05) is 36.2 Å². The van der Waals surface area contributed by atoms with Gasteiger partial charge < -0.3 is 20.7 Å². The van der Waals surface area contributed by atoms with Crippen LogP contribution in [-0.4, -0.2) is 32.3 Å². The number of ether oxygens (including phenoxy) is 1. The molecule has 0 radical (unpaired) electrons. The Kier molecular flexibility index (Phi) is 8.09. The molecule has 0 aliphatic heterocycles. The second kappa shape index (κ2) is 11.4. The number of rotatable bonds is 8. The van der Waals surface area contributed by atoms with Crippen LogP contribution in [0.3, 0.4) is 0 Å². The van der Waals surface area contributed by atoms with E-state index in [-0.39, 0.29) is 12.1 Å². The quantitative estimate of drug-likeness (QED) is 0.425. The first-order valence-electron chi connectivity index (χ1n) is 10.4. The number of aryl methyl sites for hydroxylation is 1. The highest BCUT2D eigenvalue weighted by Gasteiger charge is 2.15. The summed E-state index contributed by atoms with van der Waals surface area (Å²) in [5.41, 5.74) is 3.25. The van der Waals surface area contributed by atoms with Crippen molar-refractivity contribution in [3.63, 3.8) is 0 Å². The predicted molar refractivity (Wildman–Crippen MR) is 129 cm³/mol. The third-order valence-electron chi connectivity index (χ3n) is 4.75. The number of para-hydroxylation sites is 1. The maximum Gasteiger partial charge on any atom is 0.326 e. The zero-order chi connectivity index (χ0) is 22.8. The van der Waals surface area contributed by atoms with Crippen molar-refractivity contribution in [2.45, 2.75) is 13.3 Å². The van der Waals surface area contributed by atoms with E-state index in [0.717, 1.165) is 16.9 Å². The fourth-order valence-corrected chi connectivity index (χ4v) is 3.18. The average molecular weight is 433 g/mol. The number of hydrogen-bond donors (Lipinski definition) is 3. The van der Waals surface area contributed by atoms with Gasteiger partial charge in [-0.3, -0.25) is 4.90 Å². The minimum absolute atomic E-state index is 0.220. The molecular weight excluding hydrogens is 404 g/mol. The van der Waals surface area contributed by atoms with E-state index in [0.29, 0.717) is 30.9 Å². The summed E-state index contributed by atoms with van der Waals surface area (Å²) >= 11 is 0. The molecule has 0 unspecified atom stereocenters. The van der Waals surface area contributed by atoms with Gasteiger partial charge in [-0.05, 0) is 55.3 Å². The second-order valence-corrected chi connectivity index (χ2v) is 7.25. The molecule has 0 aliphatic rings. The van der Waals surface area contributed by atoms with Crippen LogP contribution >= 0.6 is 0 Å². The van der Waals surface area contributed by atoms with Crippen LogP contribution in [0.4, 0.5) is 26.7 Å². The molecular formula is C25H28N4O3. The Hall–Kier alpha value is -4.00. The SMILES string of the molecule is COc1cccc(NC(=O)NCCCN(C(=O)Nc2cccc(C)c2)c2ccccc2)c1. The zero-order valence-corrected chi connectivity index (χ0v) is 18.3. The van der Waals surface area contributed by atoms with Gasteiger partial charge in [0.2, 0.25) is 0 Å². The summed E-state index contributed by atoms with van der Waals surface area (Å²) in [7, 11) is 1.58. The van der Waals surface area contributed by atoms with Crippen molar-refractivity contribution >= 4 is 29.1 Å². The molecule has 0 heterocycles. The number of anilines is 3. The Morgan fingerprint density at radius 1 is 0.875 bits per heavy atom. The molecule has 3 N–H and O–H groups in total. The lowest BCUT2D eigenvalue weighted by Crippen LogP contribution is -2.38. The number of amides is 4. The second-order valence-electron chi connectivity index (χ2n) is 7.25. The van der Waals surface area contributed by atoms with E-state index in [4.69, 9.17) is 4.74 Å². The van der Waals surface area contributed by atoms with E-state index in [1.165, 1.54) is 0 Å². The number of benzene rings is 3. The monoisotopic (exact) mass is 432 g/mol. The number of carbonyl (C=O) groups is 2. The van der Waals surface area contributed by atoms with Gasteiger partial charge in [0.1, 0.15) is 5.75 Å². The highest BCUT2D eigenvalue weighted by Crippen LogP contribution is 2.18. The lowest BCUT2D eigenvalue weighted by Gasteiger charge is -2.23. The van der Waals surface area contributed by atoms with Crippen molar-refractivity contribution in [2.75, 3.05) is 35.7 Å². The predicted octanol–water partition coefficient (Wildman–Crippen LogP) is 5.25. The van der Waals surface area contributed by atoms with E-state index < -0.39 is 0 Å². The van der Waals surface area contributed by atoms with Crippen LogP contribution in [0.15, 0.2) is 78.9 Å². The Morgan fingerprint density at radius 3 is 2.31 bits per heavy atom. The Morgan fingerprint density at radius 2 is 1.59 bits per heavy atom. The van der Waals surface area contributed by atoms with Crippen LogP contribution in [0, 0.1) is 6.92 Å². The summed E-state index contributed by atoms with van der Waals surface area (Å²) in [4.78, 5) is 26.8. The lowest BCUT2D eigenvalue weighted by atomic mass is 10.2. The van der Waals surface area contributed by atoms with Gasteiger partial charge in [0.15, 0.2) is 0 Å². The summed E-state index contributed by atoms with van der Waals surface area (Å²) in [5, 5.41) is 8.55. The summed E-state index contributed by atoms with van der Waals surface area (Å²) in [6, 6.07) is 23.7. The first-order chi connectivity index (χ1) is 15.5. The van der Waals surface area contributed by atoms with Crippen LogP contribution in [0.1, 0.15) is 12.0 Å². The zero-order valence-electron chi connectivity index (χ0n) is 18.3. The Bertz CT molecular complexity index is 1040. The number of methoxy groups -OCH3 is 1. The highest BCUT2D eigenvalue weighted by molar-refractivity contribution is 6.01. The minimum Gasteiger partial charge on any atom is -0.497 e. The summed E-state index contributed by atoms with van der Waals surface area (Å²) in [5.74, 6) is 0.668. The molecule has 3 aromatic carbocycles. The van der Waals surface area contributed by atoms with Gasteiger partial charge in [-0.1, -0.05) is 36.4 Å². The smallest absolute Gasteiger partial charge is 0.326 e. The highest BCUT2D eigenvalue weighted by atomic mass is 16.5. The minimum atomic E-state index is -0.311. The molecule has 0 spiro atoms. The van der Waals surface area contributed by atoms with Gasteiger partial charge >= 0.3 is 12.1 Å². The third kappa shape index (κ3) is 6.77. The molecule has 0 saturated heterocycles. The summed E-state index contributed by atoms with van der Waals surface area (Å²) in [6.07, 6.45) is 0.585. The standard InChI is InChI=1S/C25H28N4O3/c1-19-9-6-10-20(17-19)28-25(31)29(22-12-4-3-5-13-22)16-8-15-26-24(30)27-21-11-7-14-23(18-21)32-2/h3-7,9-14,17-18H,8,15-16H2,1-2H3,(H,28,31)(H2,26,27,30). The third-order valence-corrected chi connectivity index (χ3v) is 4.75. The topological polar surface area (TPSA) is 82.7 Å². The molecule has 7 heteroatoms. The molecule has 3 aromatic rings. The maximum atomic E-state index is 13.0. The van der Waals surface area contributed by atoms with Crippen LogP contribution in [0.5, 0.6) is 5.75 Å². The van der Waals surface area contributed by atoms with Crippen molar-refractivity contribution in [1.29, 1.82) is 0 Å². The molecule has 3 rings (SSSR count). The van der Waals surface area contributed by atoms with Crippen molar-refractivity contribution in [3.05, 3.63) is 84.4 Å². The van der Waals surface area contributed by atoms with Crippen LogP contribution in [0.25, 0.3) is 0 Å². The van der Waals surface area contributed by atoms with E-state index >= 15 is 0 Å². The summed E-state index contributed by atoms with van der Waals surface area (Å²) in [6.45, 7) is 2.84. The average Bonchev–Trinajstić information content (AvgIpc) is 2.79. The van der Waals surface area contributed by atoms with Crippen LogP contribution < -0.4 is 25.6 Å². The van der Waals surface area contributed by atoms with Gasteiger partial charge in [-0.2, -0.15) is 0 Å². The Balaban J connectivity index is 1.54. The van der Waals surface area contributed by atoms with Crippen LogP contribution in [0.2, 0.25) is 0 Å². The van der Waals surface area contributed by atoms with E-state index in [2.05, 4.69) is 16.0 Å². The normalized spacial score (nSPS) is 10.2. The molecule has 166 valence electrons. The molecule has 0 fully saturated rings. The number of hydrogen-bond acceptors (Lipinski definition) is 3. The van der Waals surface area contributed by atoms with E-state index in [1.54, 1.807) is 30.2 Å². The Labute approximate surface area is 188 Å². The fraction of sp³-hybridized carbons (Fsp3) is 0.200. The summed E-state index contributed by atoms with van der Waals surface area (Å²) < 4.78 is 5.16. The number of urea groups is 2. The molecule has 0 saturated carbocycles. The van der Waals surface area contributed by atoms with Crippen molar-refractivity contribution in [3.8, 4) is 5.75 Å². The number of nitrogens with one attached hydrogen (secondary N) is 3. The molecule has 0 atom stereocenters. The first kappa shape index (κ1) is 22.7. The van der Waals surface area contributed by atoms with Crippen molar-refractivity contribution in [1.82, 2.24) is 5.32 Å². The van der Waals surface area contributed by atoms with Crippen LogP contribution in [-0.2, 0) is 0 Å². The van der Waals surface area contributed by atoms with Crippen molar-refractivity contribution in [2.24, 2.45) is 0 Å². The van der Waals surface area contributed by atoms with Gasteiger partial charge in [-0.15, -0.1) is 0 Å². The maximum absolute atomic E-state index is 13.0. The molecule has 4 amide bonds. The largest absolute Gasteiger partial charge is 0.497 e. The fourth-order valence-electron chi connectivity index (χ4n) is 3.18. The first-order valence-corrected chi connectivity index (χ1v) is 10.4. The lowest BCUT2D eigenvalue weighted by molar-refractivity contribution is 0.252. The molecule has 0 bridgehead atoms. The van der Waals surface area contributed by atoms with Gasteiger partial charge in [0.25, 0.3) is 0 Å². The van der Waals surface area contributed by atoms with Gasteiger partial charge in [-0.25, -0.2) is 9.59 Å². The molecule has 7 nitrogen and oxygen atoms in total. The van der Waals surface area contributed by atoms with E-state index in [9.17, 15) is 9.59 Å². The molecule has 32 heavy (non-hydrogen) atoms. The number of nitrogens with zero attached hydrogens (tertiary/aromatic N) is 1. The molecule has 0 aliphatic carbocycles. The van der Waals surface area contributed by atoms with Crippen molar-refractivity contribution < 1.29 is 14.3 Å².